The van der Waals surface area contributed by atoms with Gasteiger partial charge < -0.3 is 4.40 Å². The van der Waals surface area contributed by atoms with Crippen LogP contribution in [0, 0.1) is 0 Å². The smallest absolute Gasteiger partial charge is 0.138 e. The molecule has 4 heterocycles. The first-order valence-corrected chi connectivity index (χ1v) is 17.8. The van der Waals surface area contributed by atoms with Crippen molar-refractivity contribution < 1.29 is 0 Å². The second kappa shape index (κ2) is 11.3. The van der Waals surface area contributed by atoms with E-state index >= 15 is 0 Å². The lowest BCUT2D eigenvalue weighted by Crippen LogP contribution is -1.98. The van der Waals surface area contributed by atoms with Gasteiger partial charge in [0.15, 0.2) is 0 Å². The summed E-state index contributed by atoms with van der Waals surface area (Å²) < 4.78 is 4.81. The highest BCUT2D eigenvalue weighted by Gasteiger charge is 2.20. The molecule has 52 heavy (non-hydrogen) atoms. The molecule has 0 amide bonds. The molecule has 11 aromatic rings. The van der Waals surface area contributed by atoms with Gasteiger partial charge in [0.05, 0.1) is 27.6 Å². The molecule has 0 aliphatic rings. The van der Waals surface area contributed by atoms with Gasteiger partial charge in [-0.15, -0.1) is 0 Å². The van der Waals surface area contributed by atoms with Gasteiger partial charge in [0, 0.05) is 33.1 Å². The predicted molar refractivity (Wildman–Crippen MR) is 218 cm³/mol. The van der Waals surface area contributed by atoms with E-state index < -0.39 is 0 Å². The third-order valence-electron chi connectivity index (χ3n) is 10.7. The Labute approximate surface area is 300 Å². The zero-order valence-electron chi connectivity index (χ0n) is 28.2. The highest BCUT2D eigenvalue weighted by Crippen LogP contribution is 2.41. The van der Waals surface area contributed by atoms with Crippen molar-refractivity contribution in [2.75, 3.05) is 0 Å². The Morgan fingerprint density at radius 3 is 1.62 bits per heavy atom. The summed E-state index contributed by atoms with van der Waals surface area (Å²) in [5.41, 5.74) is 13.1. The van der Waals surface area contributed by atoms with E-state index in [4.69, 9.17) is 4.98 Å². The number of rotatable bonds is 4. The molecular weight excluding hydrogens is 631 g/mol. The van der Waals surface area contributed by atoms with Crippen LogP contribution in [0.1, 0.15) is 0 Å². The van der Waals surface area contributed by atoms with Gasteiger partial charge in [-0.2, -0.15) is 0 Å². The Balaban J connectivity index is 1.11. The van der Waals surface area contributed by atoms with Crippen molar-refractivity contribution in [3.05, 3.63) is 188 Å². The van der Waals surface area contributed by atoms with Gasteiger partial charge in [-0.05, 0) is 81.2 Å². The molecule has 0 aliphatic heterocycles. The van der Waals surface area contributed by atoms with Crippen molar-refractivity contribution in [1.82, 2.24) is 14.0 Å². The molecule has 11 rings (SSSR count). The third kappa shape index (κ3) is 4.30. The average molecular weight is 662 g/mol. The van der Waals surface area contributed by atoms with E-state index in [0.29, 0.717) is 0 Å². The summed E-state index contributed by atoms with van der Waals surface area (Å²) in [4.78, 5) is 5.04. The minimum absolute atomic E-state index is 0.902. The number of hydrogen-bond donors (Lipinski definition) is 0. The van der Waals surface area contributed by atoms with Crippen LogP contribution in [0.3, 0.4) is 0 Å². The van der Waals surface area contributed by atoms with Crippen LogP contribution < -0.4 is 0 Å². The summed E-state index contributed by atoms with van der Waals surface area (Å²) in [5, 5.41) is 7.44. The molecule has 0 aliphatic carbocycles. The van der Waals surface area contributed by atoms with Crippen molar-refractivity contribution in [2.24, 2.45) is 0 Å². The number of pyridine rings is 2. The predicted octanol–water partition coefficient (Wildman–Crippen LogP) is 12.9. The van der Waals surface area contributed by atoms with Crippen LogP contribution in [0.2, 0.25) is 0 Å². The van der Waals surface area contributed by atoms with Crippen molar-refractivity contribution in [1.29, 1.82) is 0 Å². The van der Waals surface area contributed by atoms with Crippen LogP contribution in [0.15, 0.2) is 188 Å². The molecule has 7 aromatic carbocycles. The molecule has 0 atom stereocenters. The molecular formula is C49H31N3. The average Bonchev–Trinajstić information content (AvgIpc) is 3.79. The number of hydrogen-bond acceptors (Lipinski definition) is 1. The van der Waals surface area contributed by atoms with E-state index in [1.54, 1.807) is 0 Å². The quantitative estimate of drug-likeness (QED) is 0.172. The topological polar surface area (TPSA) is 22.2 Å². The van der Waals surface area contributed by atoms with E-state index in [0.717, 1.165) is 22.5 Å². The molecule has 3 nitrogen and oxygen atoms in total. The fourth-order valence-corrected chi connectivity index (χ4v) is 8.36. The molecule has 0 bridgehead atoms. The Morgan fingerprint density at radius 2 is 0.846 bits per heavy atom. The molecule has 242 valence electrons. The molecule has 0 N–H and O–H groups in total. The summed E-state index contributed by atoms with van der Waals surface area (Å²) >= 11 is 0. The standard InChI is InChI=1S/C49H31N3/c1-2-11-32(12-3-1)33-21-23-34(24-22-33)35-13-10-14-36(29-35)37-27-28-50-48(30-37)52-45-20-9-7-18-41(45)42-25-26-46-43(49(42)52)31-47-40-17-5-4-15-38(40)39-16-6-8-19-44(39)51(46)47/h1-31H. The fraction of sp³-hybridized carbons (Fsp3) is 0. The van der Waals surface area contributed by atoms with E-state index in [-0.39, 0.29) is 0 Å². The highest BCUT2D eigenvalue weighted by molar-refractivity contribution is 6.22. The van der Waals surface area contributed by atoms with Crippen LogP contribution in [0.25, 0.3) is 99.1 Å². The maximum Gasteiger partial charge on any atom is 0.138 e. The Kier molecular flexibility index (Phi) is 6.25. The lowest BCUT2D eigenvalue weighted by atomic mass is 9.97. The molecule has 4 aromatic heterocycles. The van der Waals surface area contributed by atoms with E-state index in [1.807, 2.05) is 6.20 Å². The molecule has 3 heteroatoms. The lowest BCUT2D eigenvalue weighted by Gasteiger charge is -2.11. The number of fused-ring (bicyclic) bond motifs is 12. The Bertz CT molecular complexity index is 3170. The second-order valence-corrected chi connectivity index (χ2v) is 13.6. The largest absolute Gasteiger partial charge is 0.309 e. The molecule has 0 saturated carbocycles. The molecule has 0 unspecified atom stereocenters. The van der Waals surface area contributed by atoms with Crippen molar-refractivity contribution >= 4 is 59.9 Å². The van der Waals surface area contributed by atoms with Crippen molar-refractivity contribution in [3.8, 4) is 39.2 Å². The summed E-state index contributed by atoms with van der Waals surface area (Å²) in [5.74, 6) is 0.902. The van der Waals surface area contributed by atoms with Gasteiger partial charge in [0.2, 0.25) is 0 Å². The molecule has 0 spiro atoms. The zero-order valence-corrected chi connectivity index (χ0v) is 28.2. The summed E-state index contributed by atoms with van der Waals surface area (Å²) in [6.07, 6.45) is 1.95. The minimum atomic E-state index is 0.902. The van der Waals surface area contributed by atoms with Gasteiger partial charge in [-0.3, -0.25) is 4.57 Å². The summed E-state index contributed by atoms with van der Waals surface area (Å²) in [6, 6.07) is 65.8. The van der Waals surface area contributed by atoms with Crippen LogP contribution in [-0.4, -0.2) is 14.0 Å². The van der Waals surface area contributed by atoms with E-state index in [9.17, 15) is 0 Å². The summed E-state index contributed by atoms with van der Waals surface area (Å²) in [6.45, 7) is 0. The summed E-state index contributed by atoms with van der Waals surface area (Å²) in [7, 11) is 0. The van der Waals surface area contributed by atoms with Crippen LogP contribution >= 0.6 is 0 Å². The zero-order chi connectivity index (χ0) is 34.2. The maximum absolute atomic E-state index is 5.04. The first-order valence-electron chi connectivity index (χ1n) is 17.8. The number of nitrogens with zero attached hydrogens (tertiary/aromatic N) is 3. The Morgan fingerprint density at radius 1 is 0.308 bits per heavy atom. The number of aromatic nitrogens is 3. The molecule has 0 fully saturated rings. The first kappa shape index (κ1) is 28.8. The van der Waals surface area contributed by atoms with Gasteiger partial charge in [-0.25, -0.2) is 4.98 Å². The van der Waals surface area contributed by atoms with Gasteiger partial charge in [0.25, 0.3) is 0 Å². The van der Waals surface area contributed by atoms with Crippen LogP contribution in [0.4, 0.5) is 0 Å². The van der Waals surface area contributed by atoms with Crippen LogP contribution in [-0.2, 0) is 0 Å². The number of para-hydroxylation sites is 2. The van der Waals surface area contributed by atoms with Crippen LogP contribution in [0.5, 0.6) is 0 Å². The first-order chi connectivity index (χ1) is 25.8. The highest BCUT2D eigenvalue weighted by atomic mass is 15.1. The van der Waals surface area contributed by atoms with Gasteiger partial charge in [0.1, 0.15) is 5.82 Å². The van der Waals surface area contributed by atoms with Crippen molar-refractivity contribution in [2.45, 2.75) is 0 Å². The minimum Gasteiger partial charge on any atom is -0.309 e. The van der Waals surface area contributed by atoms with Gasteiger partial charge >= 0.3 is 0 Å². The van der Waals surface area contributed by atoms with E-state index in [1.165, 1.54) is 76.6 Å². The second-order valence-electron chi connectivity index (χ2n) is 13.6. The normalized spacial score (nSPS) is 11.8. The van der Waals surface area contributed by atoms with Crippen molar-refractivity contribution in [3.63, 3.8) is 0 Å². The third-order valence-corrected chi connectivity index (χ3v) is 10.7. The SMILES string of the molecule is c1ccc(-c2ccc(-c3cccc(-c4ccnc(-n5c6ccccc6c6ccc7c(cc8c9ccccc9c9ccccc9n87)c65)c4)c3)cc2)cc1. The van der Waals surface area contributed by atoms with E-state index in [2.05, 4.69) is 191 Å². The fourth-order valence-electron chi connectivity index (χ4n) is 8.36. The lowest BCUT2D eigenvalue weighted by molar-refractivity contribution is 1.08. The molecule has 0 radical (unpaired) electrons. The maximum atomic E-state index is 5.04. The molecule has 0 saturated heterocycles. The van der Waals surface area contributed by atoms with Gasteiger partial charge in [-0.1, -0.05) is 140 Å². The number of benzene rings is 7. The Hall–Kier alpha value is -6.97. The monoisotopic (exact) mass is 661 g/mol.